The molecule has 13 heavy (non-hydrogen) atoms. The Kier molecular flexibility index (Phi) is 2.23. The Labute approximate surface area is 82.8 Å². The Hall–Kier alpha value is -1.02. The molecule has 2 rings (SSSR count). The molecule has 0 amide bonds. The Morgan fingerprint density at radius 2 is 2.38 bits per heavy atom. The van der Waals surface area contributed by atoms with E-state index in [4.69, 9.17) is 11.6 Å². The third-order valence-corrected chi connectivity index (χ3v) is 2.26. The summed E-state index contributed by atoms with van der Waals surface area (Å²) in [5.41, 5.74) is 1.06. The fraction of sp³-hybridized carbons (Fsp3) is 0.300. The van der Waals surface area contributed by atoms with E-state index < -0.39 is 0 Å². The quantitative estimate of drug-likeness (QED) is 0.671. The van der Waals surface area contributed by atoms with Crippen LogP contribution in [0.5, 0.6) is 0 Å². The van der Waals surface area contributed by atoms with Gasteiger partial charge in [0.1, 0.15) is 0 Å². The molecule has 0 spiro atoms. The van der Waals surface area contributed by atoms with Crippen molar-refractivity contribution in [2.75, 3.05) is 11.6 Å². The molecule has 0 saturated heterocycles. The Balaban J connectivity index is 2.22. The van der Waals surface area contributed by atoms with Crippen LogP contribution in [-0.2, 0) is 0 Å². The zero-order chi connectivity index (χ0) is 9.26. The number of halogens is 1. The van der Waals surface area contributed by atoms with E-state index in [1.54, 1.807) is 0 Å². The van der Waals surface area contributed by atoms with Gasteiger partial charge in [0.05, 0.1) is 5.69 Å². The molecule has 1 aromatic rings. The van der Waals surface area contributed by atoms with E-state index >= 15 is 0 Å². The van der Waals surface area contributed by atoms with E-state index in [2.05, 4.69) is 12.0 Å². The lowest BCUT2D eigenvalue weighted by molar-refractivity contribution is 0.781. The van der Waals surface area contributed by atoms with E-state index in [9.17, 15) is 0 Å². The van der Waals surface area contributed by atoms with E-state index in [0.717, 1.165) is 17.3 Å². The molecule has 0 aromatic heterocycles. The Morgan fingerprint density at radius 3 is 3.00 bits per heavy atom. The predicted molar refractivity (Wildman–Crippen MR) is 56.5 cm³/mol. The van der Waals surface area contributed by atoms with Crippen molar-refractivity contribution < 1.29 is 0 Å². The third kappa shape index (κ3) is 1.83. The van der Waals surface area contributed by atoms with Crippen molar-refractivity contribution in [2.45, 2.75) is 6.92 Å². The van der Waals surface area contributed by atoms with Crippen LogP contribution in [0, 0.1) is 5.92 Å². The number of hydrogen-bond donors (Lipinski definition) is 0. The molecule has 1 heterocycles. The van der Waals surface area contributed by atoms with Gasteiger partial charge in [0.15, 0.2) is 0 Å². The molecule has 0 aliphatic carbocycles. The van der Waals surface area contributed by atoms with Crippen molar-refractivity contribution in [3.8, 4) is 0 Å². The second kappa shape index (κ2) is 3.38. The van der Waals surface area contributed by atoms with Gasteiger partial charge in [0.2, 0.25) is 0 Å². The SMILES string of the molecule is CC1C=NN(c2cccc(Cl)c2)C1. The summed E-state index contributed by atoms with van der Waals surface area (Å²) < 4.78 is 0. The van der Waals surface area contributed by atoms with Crippen LogP contribution in [0.3, 0.4) is 0 Å². The number of hydrazone groups is 1. The average molecular weight is 195 g/mol. The molecule has 0 saturated carbocycles. The first-order valence-electron chi connectivity index (χ1n) is 4.33. The van der Waals surface area contributed by atoms with Gasteiger partial charge in [-0.2, -0.15) is 5.10 Å². The van der Waals surface area contributed by atoms with Gasteiger partial charge in [-0.1, -0.05) is 24.6 Å². The standard InChI is InChI=1S/C10H11ClN2/c1-8-6-12-13(7-8)10-4-2-3-9(11)5-10/h2-6,8H,7H2,1H3. The van der Waals surface area contributed by atoms with Gasteiger partial charge >= 0.3 is 0 Å². The van der Waals surface area contributed by atoms with Crippen LogP contribution in [-0.4, -0.2) is 12.8 Å². The maximum absolute atomic E-state index is 5.88. The molecule has 2 nitrogen and oxygen atoms in total. The molecule has 0 bridgehead atoms. The maximum Gasteiger partial charge on any atom is 0.0608 e. The highest BCUT2D eigenvalue weighted by atomic mass is 35.5. The van der Waals surface area contributed by atoms with Crippen molar-refractivity contribution >= 4 is 23.5 Å². The molecule has 1 unspecified atom stereocenters. The molecule has 3 heteroatoms. The van der Waals surface area contributed by atoms with Gasteiger partial charge in [-0.15, -0.1) is 0 Å². The van der Waals surface area contributed by atoms with Crippen molar-refractivity contribution in [3.05, 3.63) is 29.3 Å². The first-order chi connectivity index (χ1) is 6.25. The summed E-state index contributed by atoms with van der Waals surface area (Å²) in [5.74, 6) is 0.527. The average Bonchev–Trinajstić information content (AvgIpc) is 2.52. The fourth-order valence-electron chi connectivity index (χ4n) is 1.37. The minimum absolute atomic E-state index is 0.527. The minimum atomic E-state index is 0.527. The topological polar surface area (TPSA) is 15.6 Å². The summed E-state index contributed by atoms with van der Waals surface area (Å²) in [7, 11) is 0. The molecular weight excluding hydrogens is 184 g/mol. The third-order valence-electron chi connectivity index (χ3n) is 2.03. The predicted octanol–water partition coefficient (Wildman–Crippen LogP) is 2.78. The fourth-order valence-corrected chi connectivity index (χ4v) is 1.55. The molecule has 1 aliphatic heterocycles. The summed E-state index contributed by atoms with van der Waals surface area (Å²) in [6.07, 6.45) is 1.96. The molecule has 68 valence electrons. The van der Waals surface area contributed by atoms with E-state index in [0.29, 0.717) is 5.92 Å². The molecule has 1 aliphatic rings. The highest BCUT2D eigenvalue weighted by Crippen LogP contribution is 2.22. The van der Waals surface area contributed by atoms with Gasteiger partial charge in [-0.05, 0) is 18.2 Å². The number of anilines is 1. The van der Waals surface area contributed by atoms with Gasteiger partial charge < -0.3 is 0 Å². The Morgan fingerprint density at radius 1 is 1.54 bits per heavy atom. The lowest BCUT2D eigenvalue weighted by Crippen LogP contribution is -2.15. The zero-order valence-corrected chi connectivity index (χ0v) is 8.20. The number of hydrogen-bond acceptors (Lipinski definition) is 2. The lowest BCUT2D eigenvalue weighted by Gasteiger charge is -2.14. The van der Waals surface area contributed by atoms with Crippen molar-refractivity contribution in [3.63, 3.8) is 0 Å². The van der Waals surface area contributed by atoms with Gasteiger partial charge in [0, 0.05) is 23.7 Å². The smallest absolute Gasteiger partial charge is 0.0608 e. The summed E-state index contributed by atoms with van der Waals surface area (Å²) in [6, 6.07) is 7.75. The van der Waals surface area contributed by atoms with Crippen molar-refractivity contribution in [1.29, 1.82) is 0 Å². The molecule has 1 aromatic carbocycles. The summed E-state index contributed by atoms with van der Waals surface area (Å²) in [4.78, 5) is 0. The largest absolute Gasteiger partial charge is 0.265 e. The molecule has 0 N–H and O–H groups in total. The van der Waals surface area contributed by atoms with E-state index in [1.807, 2.05) is 35.5 Å². The zero-order valence-electron chi connectivity index (χ0n) is 7.44. The van der Waals surface area contributed by atoms with Gasteiger partial charge in [-0.25, -0.2) is 0 Å². The second-order valence-corrected chi connectivity index (χ2v) is 3.74. The van der Waals surface area contributed by atoms with Crippen LogP contribution in [0.2, 0.25) is 5.02 Å². The normalized spacial score (nSPS) is 21.1. The van der Waals surface area contributed by atoms with E-state index in [-0.39, 0.29) is 0 Å². The number of rotatable bonds is 1. The number of nitrogens with zero attached hydrogens (tertiary/aromatic N) is 2. The van der Waals surface area contributed by atoms with Crippen LogP contribution < -0.4 is 5.01 Å². The van der Waals surface area contributed by atoms with Crippen LogP contribution in [0.1, 0.15) is 6.92 Å². The monoisotopic (exact) mass is 194 g/mol. The minimum Gasteiger partial charge on any atom is -0.265 e. The summed E-state index contributed by atoms with van der Waals surface area (Å²) in [6.45, 7) is 3.09. The van der Waals surface area contributed by atoms with Crippen LogP contribution in [0.4, 0.5) is 5.69 Å². The second-order valence-electron chi connectivity index (χ2n) is 3.30. The van der Waals surface area contributed by atoms with Crippen LogP contribution >= 0.6 is 11.6 Å². The molecular formula is C10H11ClN2. The first kappa shape index (κ1) is 8.57. The van der Waals surface area contributed by atoms with E-state index in [1.165, 1.54) is 0 Å². The van der Waals surface area contributed by atoms with Gasteiger partial charge in [-0.3, -0.25) is 5.01 Å². The lowest BCUT2D eigenvalue weighted by atomic mass is 10.2. The molecule has 0 fully saturated rings. The number of benzene rings is 1. The van der Waals surface area contributed by atoms with Crippen LogP contribution in [0.25, 0.3) is 0 Å². The van der Waals surface area contributed by atoms with Crippen molar-refractivity contribution in [1.82, 2.24) is 0 Å². The van der Waals surface area contributed by atoms with Gasteiger partial charge in [0.25, 0.3) is 0 Å². The summed E-state index contributed by atoms with van der Waals surface area (Å²) >= 11 is 5.88. The highest BCUT2D eigenvalue weighted by molar-refractivity contribution is 6.30. The first-order valence-corrected chi connectivity index (χ1v) is 4.71. The van der Waals surface area contributed by atoms with Crippen LogP contribution in [0.15, 0.2) is 29.4 Å². The van der Waals surface area contributed by atoms with Crippen molar-refractivity contribution in [2.24, 2.45) is 11.0 Å². The Bertz CT molecular complexity index is 335. The summed E-state index contributed by atoms with van der Waals surface area (Å²) in [5, 5.41) is 7.00. The maximum atomic E-state index is 5.88. The highest BCUT2D eigenvalue weighted by Gasteiger charge is 2.14. The molecule has 1 atom stereocenters. The molecule has 0 radical (unpaired) electrons.